The maximum Gasteiger partial charge on any atom is 0.249 e. The lowest BCUT2D eigenvalue weighted by molar-refractivity contribution is -0.127. The predicted molar refractivity (Wildman–Crippen MR) is 125 cm³/mol. The van der Waals surface area contributed by atoms with Gasteiger partial charge in [0.25, 0.3) is 0 Å². The fourth-order valence-electron chi connectivity index (χ4n) is 4.12. The standard InChI is InChI=1S/C23H27N5O.C2H2/c1-13(2)23(29)27-11-19-20(12-27)28-17(6)24-10-21(28)26-22(19)25-16(5)18-9-7-8-14(3)15(18)4;1-2/h7-10,16H,1,11-12H2,2-6H3,(H,25,26);1-2H. The van der Waals surface area contributed by atoms with Gasteiger partial charge in [-0.1, -0.05) is 24.8 Å². The molecule has 2 aromatic heterocycles. The topological polar surface area (TPSA) is 62.5 Å². The SMILES string of the molecule is C#C.C=C(C)C(=O)N1Cc2c(NC(C)c3cccc(C)c3C)nc3cnc(C)n3c2C1. The van der Waals surface area contributed by atoms with Gasteiger partial charge in [0.1, 0.15) is 11.6 Å². The summed E-state index contributed by atoms with van der Waals surface area (Å²) in [6.45, 7) is 15.0. The molecule has 0 bridgehead atoms. The molecule has 1 atom stereocenters. The fraction of sp³-hybridized carbons (Fsp3) is 0.320. The number of nitrogens with zero attached hydrogens (tertiary/aromatic N) is 4. The van der Waals surface area contributed by atoms with E-state index < -0.39 is 0 Å². The minimum absolute atomic E-state index is 0.0272. The molecule has 31 heavy (non-hydrogen) atoms. The molecule has 0 fully saturated rings. The van der Waals surface area contributed by atoms with E-state index in [4.69, 9.17) is 4.98 Å². The van der Waals surface area contributed by atoms with E-state index in [1.54, 1.807) is 13.1 Å². The number of fused-ring (bicyclic) bond motifs is 3. The Balaban J connectivity index is 0.00000132. The van der Waals surface area contributed by atoms with Gasteiger partial charge in [-0.15, -0.1) is 12.8 Å². The number of aryl methyl sites for hydroxylation is 2. The van der Waals surface area contributed by atoms with Crippen molar-refractivity contribution in [2.75, 3.05) is 5.32 Å². The summed E-state index contributed by atoms with van der Waals surface area (Å²) in [5.74, 6) is 1.67. The van der Waals surface area contributed by atoms with Gasteiger partial charge in [0.05, 0.1) is 31.0 Å². The smallest absolute Gasteiger partial charge is 0.249 e. The molecular formula is C25H29N5O. The lowest BCUT2D eigenvalue weighted by Crippen LogP contribution is -2.25. The van der Waals surface area contributed by atoms with Crippen LogP contribution in [0.4, 0.5) is 5.82 Å². The average Bonchev–Trinajstić information content (AvgIpc) is 3.34. The van der Waals surface area contributed by atoms with Crippen LogP contribution in [0.25, 0.3) is 5.65 Å². The summed E-state index contributed by atoms with van der Waals surface area (Å²) >= 11 is 0. The summed E-state index contributed by atoms with van der Waals surface area (Å²) in [4.78, 5) is 23.7. The number of carbonyl (C=O) groups excluding carboxylic acids is 1. The molecule has 0 aliphatic carbocycles. The normalized spacial score (nSPS) is 13.3. The van der Waals surface area contributed by atoms with Crippen LogP contribution in [0.15, 0.2) is 36.5 Å². The van der Waals surface area contributed by atoms with Crippen molar-refractivity contribution in [1.82, 2.24) is 19.3 Å². The first-order chi connectivity index (χ1) is 14.8. The molecule has 1 aliphatic rings. The van der Waals surface area contributed by atoms with Crippen molar-refractivity contribution in [2.45, 2.75) is 53.8 Å². The van der Waals surface area contributed by atoms with Gasteiger partial charge in [-0.3, -0.25) is 9.20 Å². The number of amides is 1. The van der Waals surface area contributed by atoms with Crippen LogP contribution < -0.4 is 5.32 Å². The summed E-state index contributed by atoms with van der Waals surface area (Å²) in [5, 5.41) is 3.60. The Morgan fingerprint density at radius 1 is 1.23 bits per heavy atom. The van der Waals surface area contributed by atoms with E-state index >= 15 is 0 Å². The molecule has 1 amide bonds. The lowest BCUT2D eigenvalue weighted by atomic mass is 9.98. The maximum atomic E-state index is 12.6. The number of hydrogen-bond donors (Lipinski definition) is 1. The average molecular weight is 416 g/mol. The molecule has 0 radical (unpaired) electrons. The van der Waals surface area contributed by atoms with E-state index in [9.17, 15) is 4.79 Å². The zero-order valence-corrected chi connectivity index (χ0v) is 18.9. The van der Waals surface area contributed by atoms with Crippen molar-refractivity contribution in [3.63, 3.8) is 0 Å². The second-order valence-electron chi connectivity index (χ2n) is 7.98. The van der Waals surface area contributed by atoms with Crippen molar-refractivity contribution >= 4 is 17.4 Å². The van der Waals surface area contributed by atoms with Gasteiger partial charge < -0.3 is 10.2 Å². The number of anilines is 1. The molecule has 1 N–H and O–H groups in total. The van der Waals surface area contributed by atoms with Crippen LogP contribution in [-0.2, 0) is 17.9 Å². The highest BCUT2D eigenvalue weighted by Gasteiger charge is 2.30. The van der Waals surface area contributed by atoms with Crippen molar-refractivity contribution < 1.29 is 4.79 Å². The molecule has 3 aromatic rings. The second kappa shape index (κ2) is 8.65. The van der Waals surface area contributed by atoms with E-state index in [1.807, 2.05) is 11.8 Å². The molecule has 160 valence electrons. The number of imidazole rings is 1. The number of terminal acetylenes is 1. The fourth-order valence-corrected chi connectivity index (χ4v) is 4.12. The minimum Gasteiger partial charge on any atom is -0.363 e. The summed E-state index contributed by atoms with van der Waals surface area (Å²) in [6.07, 6.45) is 9.78. The first-order valence-electron chi connectivity index (χ1n) is 10.2. The van der Waals surface area contributed by atoms with Crippen molar-refractivity contribution in [2.24, 2.45) is 0 Å². The van der Waals surface area contributed by atoms with Crippen LogP contribution in [0.2, 0.25) is 0 Å². The number of rotatable bonds is 4. The van der Waals surface area contributed by atoms with E-state index in [1.165, 1.54) is 16.7 Å². The summed E-state index contributed by atoms with van der Waals surface area (Å²) in [5.41, 5.74) is 7.25. The van der Waals surface area contributed by atoms with Crippen molar-refractivity contribution in [3.8, 4) is 12.8 Å². The third-order valence-corrected chi connectivity index (χ3v) is 5.86. The van der Waals surface area contributed by atoms with E-state index in [-0.39, 0.29) is 11.9 Å². The molecule has 1 aliphatic heterocycles. The Labute approximate surface area is 184 Å². The minimum atomic E-state index is -0.0272. The molecular weight excluding hydrogens is 386 g/mol. The van der Waals surface area contributed by atoms with Crippen LogP contribution >= 0.6 is 0 Å². The highest BCUT2D eigenvalue weighted by molar-refractivity contribution is 5.92. The first kappa shape index (κ1) is 22.1. The molecule has 0 saturated heterocycles. The number of aromatic nitrogens is 3. The summed E-state index contributed by atoms with van der Waals surface area (Å²) < 4.78 is 2.05. The Morgan fingerprint density at radius 3 is 2.61 bits per heavy atom. The van der Waals surface area contributed by atoms with Gasteiger partial charge in [0.15, 0.2) is 5.65 Å². The van der Waals surface area contributed by atoms with E-state index in [0.717, 1.165) is 28.5 Å². The molecule has 3 heterocycles. The molecule has 4 rings (SSSR count). The third kappa shape index (κ3) is 3.91. The predicted octanol–water partition coefficient (Wildman–Crippen LogP) is 4.50. The number of nitrogens with one attached hydrogen (secondary N) is 1. The van der Waals surface area contributed by atoms with E-state index in [0.29, 0.717) is 18.7 Å². The van der Waals surface area contributed by atoms with Crippen LogP contribution in [0.1, 0.15) is 53.7 Å². The molecule has 1 unspecified atom stereocenters. The Kier molecular flexibility index (Phi) is 6.16. The Hall–Kier alpha value is -3.59. The quantitative estimate of drug-likeness (QED) is 0.504. The van der Waals surface area contributed by atoms with Crippen LogP contribution in [0.5, 0.6) is 0 Å². The maximum absolute atomic E-state index is 12.6. The van der Waals surface area contributed by atoms with Crippen LogP contribution in [0, 0.1) is 33.6 Å². The summed E-state index contributed by atoms with van der Waals surface area (Å²) in [7, 11) is 0. The van der Waals surface area contributed by atoms with E-state index in [2.05, 4.69) is 73.1 Å². The Bertz CT molecular complexity index is 1190. The van der Waals surface area contributed by atoms with Crippen molar-refractivity contribution in [1.29, 1.82) is 0 Å². The van der Waals surface area contributed by atoms with Gasteiger partial charge in [0, 0.05) is 11.1 Å². The number of carbonyl (C=O) groups is 1. The van der Waals surface area contributed by atoms with Gasteiger partial charge >= 0.3 is 0 Å². The molecule has 6 heteroatoms. The molecule has 1 aromatic carbocycles. The largest absolute Gasteiger partial charge is 0.363 e. The number of hydrogen-bond acceptors (Lipinski definition) is 4. The van der Waals surface area contributed by atoms with Crippen LogP contribution in [0.3, 0.4) is 0 Å². The highest BCUT2D eigenvalue weighted by atomic mass is 16.2. The monoisotopic (exact) mass is 415 g/mol. The third-order valence-electron chi connectivity index (χ3n) is 5.86. The zero-order valence-electron chi connectivity index (χ0n) is 18.9. The molecule has 0 spiro atoms. The first-order valence-corrected chi connectivity index (χ1v) is 10.2. The van der Waals surface area contributed by atoms with Gasteiger partial charge in [-0.2, -0.15) is 0 Å². The number of benzene rings is 1. The van der Waals surface area contributed by atoms with Gasteiger partial charge in [-0.25, -0.2) is 9.97 Å². The molecule has 0 saturated carbocycles. The summed E-state index contributed by atoms with van der Waals surface area (Å²) in [6, 6.07) is 6.45. The lowest BCUT2D eigenvalue weighted by Gasteiger charge is -2.20. The second-order valence-corrected chi connectivity index (χ2v) is 7.98. The van der Waals surface area contributed by atoms with Crippen molar-refractivity contribution in [3.05, 3.63) is 70.3 Å². The van der Waals surface area contributed by atoms with Gasteiger partial charge in [0.2, 0.25) is 5.91 Å². The molecule has 6 nitrogen and oxygen atoms in total. The van der Waals surface area contributed by atoms with Gasteiger partial charge in [-0.05, 0) is 51.3 Å². The zero-order chi connectivity index (χ0) is 22.9. The highest BCUT2D eigenvalue weighted by Crippen LogP contribution is 2.33. The Morgan fingerprint density at radius 2 is 1.94 bits per heavy atom. The van der Waals surface area contributed by atoms with Crippen LogP contribution in [-0.4, -0.2) is 25.2 Å².